The molecule has 3 heteroatoms. The molecule has 9 rings (SSSR count). The molecule has 0 unspecified atom stereocenters. The summed E-state index contributed by atoms with van der Waals surface area (Å²) in [6.45, 7) is 0. The van der Waals surface area contributed by atoms with Crippen LogP contribution in [0.4, 0.5) is 0 Å². The smallest absolute Gasteiger partial charge is 0.164 e. The Bertz CT molecular complexity index is 2390. The first kappa shape index (κ1) is 20.7. The first-order valence-corrected chi connectivity index (χ1v) is 13.2. The molecule has 0 bridgehead atoms. The van der Waals surface area contributed by atoms with E-state index in [-0.39, 0.29) is 0 Å². The molecule has 7 aromatic carbocycles. The summed E-state index contributed by atoms with van der Waals surface area (Å²) < 4.78 is 6.86. The van der Waals surface area contributed by atoms with Crippen LogP contribution in [0.15, 0.2) is 126 Å². The Kier molecular flexibility index (Phi) is 4.05. The SMILES string of the molecule is c1ccc(-c2nc(-c3ccc4c5ccccc5c5cc6ccccc6c6oc3c4c56)nc3ccccc23)cc1. The van der Waals surface area contributed by atoms with E-state index >= 15 is 0 Å². The van der Waals surface area contributed by atoms with Gasteiger partial charge in [-0.3, -0.25) is 0 Å². The highest BCUT2D eigenvalue weighted by Gasteiger charge is 2.23. The number of aromatic nitrogens is 2. The number of rotatable bonds is 2. The fourth-order valence-corrected chi connectivity index (χ4v) is 6.29. The highest BCUT2D eigenvalue weighted by atomic mass is 16.3. The Morgan fingerprint density at radius 2 is 1.13 bits per heavy atom. The zero-order chi connectivity index (χ0) is 25.5. The summed E-state index contributed by atoms with van der Waals surface area (Å²) in [5.41, 5.74) is 5.57. The molecule has 0 aliphatic heterocycles. The predicted octanol–water partition coefficient (Wildman–Crippen LogP) is 9.76. The summed E-state index contributed by atoms with van der Waals surface area (Å²) in [4.78, 5) is 10.2. The number of furan rings is 1. The highest BCUT2D eigenvalue weighted by molar-refractivity contribution is 6.37. The van der Waals surface area contributed by atoms with Crippen LogP contribution in [-0.2, 0) is 0 Å². The minimum absolute atomic E-state index is 0.669. The Morgan fingerprint density at radius 3 is 1.97 bits per heavy atom. The van der Waals surface area contributed by atoms with Crippen LogP contribution in [0, 0.1) is 0 Å². The lowest BCUT2D eigenvalue weighted by molar-refractivity contribution is 0.673. The van der Waals surface area contributed by atoms with Gasteiger partial charge < -0.3 is 4.42 Å². The van der Waals surface area contributed by atoms with Crippen LogP contribution in [0.5, 0.6) is 0 Å². The topological polar surface area (TPSA) is 38.9 Å². The van der Waals surface area contributed by atoms with E-state index in [0.717, 1.165) is 49.7 Å². The van der Waals surface area contributed by atoms with Crippen molar-refractivity contribution in [3.8, 4) is 22.6 Å². The van der Waals surface area contributed by atoms with Crippen LogP contribution >= 0.6 is 0 Å². The third-order valence-electron chi connectivity index (χ3n) is 8.01. The molecule has 9 aromatic rings. The van der Waals surface area contributed by atoms with Crippen molar-refractivity contribution in [1.29, 1.82) is 0 Å². The molecule has 3 nitrogen and oxygen atoms in total. The van der Waals surface area contributed by atoms with Gasteiger partial charge in [-0.25, -0.2) is 9.97 Å². The number of hydrogen-bond acceptors (Lipinski definition) is 3. The van der Waals surface area contributed by atoms with Crippen molar-refractivity contribution < 1.29 is 4.42 Å². The van der Waals surface area contributed by atoms with E-state index in [4.69, 9.17) is 14.4 Å². The van der Waals surface area contributed by atoms with E-state index in [9.17, 15) is 0 Å². The minimum atomic E-state index is 0.669. The lowest BCUT2D eigenvalue weighted by atomic mass is 9.91. The molecule has 0 spiro atoms. The normalized spacial score (nSPS) is 12.1. The van der Waals surface area contributed by atoms with Crippen molar-refractivity contribution in [3.63, 3.8) is 0 Å². The van der Waals surface area contributed by atoms with E-state index in [1.807, 2.05) is 30.3 Å². The van der Waals surface area contributed by atoms with Gasteiger partial charge >= 0.3 is 0 Å². The molecule has 0 saturated heterocycles. The fraction of sp³-hybridized carbons (Fsp3) is 0. The average molecular weight is 497 g/mol. The van der Waals surface area contributed by atoms with Crippen LogP contribution in [0.2, 0.25) is 0 Å². The molecule has 180 valence electrons. The molecule has 2 heterocycles. The summed E-state index contributed by atoms with van der Waals surface area (Å²) in [7, 11) is 0. The van der Waals surface area contributed by atoms with E-state index in [0.29, 0.717) is 5.82 Å². The molecule has 0 aliphatic rings. The molecule has 39 heavy (non-hydrogen) atoms. The molecule has 0 N–H and O–H groups in total. The highest BCUT2D eigenvalue weighted by Crippen LogP contribution is 2.47. The summed E-state index contributed by atoms with van der Waals surface area (Å²) in [6, 6.07) is 42.3. The second-order valence-electron chi connectivity index (χ2n) is 10.1. The molecular weight excluding hydrogens is 476 g/mol. The summed E-state index contributed by atoms with van der Waals surface area (Å²) in [5.74, 6) is 0.669. The zero-order valence-electron chi connectivity index (χ0n) is 20.8. The third-order valence-corrected chi connectivity index (χ3v) is 8.01. The maximum absolute atomic E-state index is 6.86. The zero-order valence-corrected chi connectivity index (χ0v) is 20.8. The van der Waals surface area contributed by atoms with Gasteiger partial charge in [-0.2, -0.15) is 0 Å². The van der Waals surface area contributed by atoms with Crippen molar-refractivity contribution in [2.75, 3.05) is 0 Å². The minimum Gasteiger partial charge on any atom is -0.455 e. The van der Waals surface area contributed by atoms with Crippen LogP contribution in [0.3, 0.4) is 0 Å². The van der Waals surface area contributed by atoms with Crippen LogP contribution in [0.25, 0.3) is 87.8 Å². The van der Waals surface area contributed by atoms with Crippen molar-refractivity contribution >= 4 is 65.2 Å². The number of benzene rings is 7. The Labute approximate surface area is 223 Å². The van der Waals surface area contributed by atoms with Gasteiger partial charge in [0.15, 0.2) is 5.82 Å². The van der Waals surface area contributed by atoms with E-state index < -0.39 is 0 Å². The van der Waals surface area contributed by atoms with E-state index in [2.05, 4.69) is 91.0 Å². The van der Waals surface area contributed by atoms with E-state index in [1.54, 1.807) is 0 Å². The van der Waals surface area contributed by atoms with Crippen LogP contribution in [0.1, 0.15) is 0 Å². The third kappa shape index (κ3) is 2.82. The predicted molar refractivity (Wildman–Crippen MR) is 161 cm³/mol. The molecule has 2 aromatic heterocycles. The summed E-state index contributed by atoms with van der Waals surface area (Å²) in [5, 5.41) is 10.5. The number of hydrogen-bond donors (Lipinski definition) is 0. The van der Waals surface area contributed by atoms with Crippen molar-refractivity contribution in [2.24, 2.45) is 0 Å². The second kappa shape index (κ2) is 7.62. The first-order valence-electron chi connectivity index (χ1n) is 13.2. The number of fused-ring (bicyclic) bond motifs is 6. The van der Waals surface area contributed by atoms with Crippen LogP contribution in [-0.4, -0.2) is 9.97 Å². The van der Waals surface area contributed by atoms with Gasteiger partial charge in [0.05, 0.1) is 16.8 Å². The van der Waals surface area contributed by atoms with Crippen molar-refractivity contribution in [2.45, 2.75) is 0 Å². The van der Waals surface area contributed by atoms with E-state index in [1.165, 1.54) is 32.3 Å². The summed E-state index contributed by atoms with van der Waals surface area (Å²) in [6.07, 6.45) is 0. The largest absolute Gasteiger partial charge is 0.455 e. The Balaban J connectivity index is 1.46. The first-order chi connectivity index (χ1) is 19.3. The molecular formula is C36H20N2O. The molecule has 0 aliphatic carbocycles. The van der Waals surface area contributed by atoms with Gasteiger partial charge in [-0.15, -0.1) is 0 Å². The Morgan fingerprint density at radius 1 is 0.462 bits per heavy atom. The maximum atomic E-state index is 6.86. The van der Waals surface area contributed by atoms with Gasteiger partial charge in [0.2, 0.25) is 0 Å². The Hall–Kier alpha value is -5.28. The van der Waals surface area contributed by atoms with Gasteiger partial charge in [0, 0.05) is 27.1 Å². The second-order valence-corrected chi connectivity index (χ2v) is 10.1. The molecule has 0 atom stereocenters. The van der Waals surface area contributed by atoms with Gasteiger partial charge in [0.1, 0.15) is 11.2 Å². The monoisotopic (exact) mass is 496 g/mol. The van der Waals surface area contributed by atoms with Crippen molar-refractivity contribution in [3.05, 3.63) is 121 Å². The van der Waals surface area contributed by atoms with Gasteiger partial charge in [-0.1, -0.05) is 103 Å². The molecule has 0 fully saturated rings. The van der Waals surface area contributed by atoms with Gasteiger partial charge in [-0.05, 0) is 45.1 Å². The molecule has 0 radical (unpaired) electrons. The molecule has 0 saturated carbocycles. The van der Waals surface area contributed by atoms with Crippen molar-refractivity contribution in [1.82, 2.24) is 9.97 Å². The fourth-order valence-electron chi connectivity index (χ4n) is 6.29. The van der Waals surface area contributed by atoms with Crippen LogP contribution < -0.4 is 0 Å². The lowest BCUT2D eigenvalue weighted by Gasteiger charge is -2.11. The van der Waals surface area contributed by atoms with Gasteiger partial charge in [0.25, 0.3) is 0 Å². The number of para-hydroxylation sites is 1. The quantitative estimate of drug-likeness (QED) is 0.177. The number of nitrogens with zero attached hydrogens (tertiary/aromatic N) is 2. The summed E-state index contributed by atoms with van der Waals surface area (Å²) >= 11 is 0. The average Bonchev–Trinajstić information content (AvgIpc) is 3.41. The molecule has 0 amide bonds. The lowest BCUT2D eigenvalue weighted by Crippen LogP contribution is -1.95. The standard InChI is InChI=1S/C36H20N2O/c1-2-10-21(11-3-1)33-27-16-8-9-17-30(27)37-36(38-33)28-19-18-26-24-14-6-7-15-25(24)29-20-22-12-4-5-13-23(22)34-32(29)31(26)35(28)39-34/h1-20H. The maximum Gasteiger partial charge on any atom is 0.164 e.